The van der Waals surface area contributed by atoms with Crippen molar-refractivity contribution < 1.29 is 19.0 Å². The Morgan fingerprint density at radius 2 is 1.74 bits per heavy atom. The number of carbonyl (C=O) groups is 1. The van der Waals surface area contributed by atoms with Crippen LogP contribution < -0.4 is 14.2 Å². The number of β-lactam (4-membered cyclic amide) rings is 1. The lowest BCUT2D eigenvalue weighted by molar-refractivity contribution is -0.169. The maximum Gasteiger partial charge on any atom is 0.267 e. The van der Waals surface area contributed by atoms with Gasteiger partial charge in [-0.1, -0.05) is 30.5 Å². The zero-order valence-corrected chi connectivity index (χ0v) is 15.5. The van der Waals surface area contributed by atoms with Gasteiger partial charge in [0.15, 0.2) is 11.5 Å². The first-order chi connectivity index (χ1) is 13.2. The molecule has 0 aromatic heterocycles. The highest BCUT2D eigenvalue weighted by Gasteiger charge is 2.53. The minimum absolute atomic E-state index is 0.0551. The molecule has 0 bridgehead atoms. The molecule has 140 valence electrons. The number of likely N-dealkylation sites (tertiary alicyclic amines) is 1. The molecule has 5 rings (SSSR count). The Balaban J connectivity index is 1.45. The molecule has 0 N–H and O–H groups in total. The van der Waals surface area contributed by atoms with Crippen molar-refractivity contribution in [3.8, 4) is 17.2 Å². The molecule has 6 heteroatoms. The monoisotopic (exact) mass is 385 g/mol. The molecule has 1 saturated carbocycles. The minimum atomic E-state index is -0.535. The number of fused-ring (bicyclic) bond motifs is 1. The van der Waals surface area contributed by atoms with Gasteiger partial charge in [0, 0.05) is 11.1 Å². The van der Waals surface area contributed by atoms with Gasteiger partial charge < -0.3 is 19.1 Å². The molecule has 2 aromatic carbocycles. The number of benzene rings is 2. The van der Waals surface area contributed by atoms with Gasteiger partial charge in [-0.05, 0) is 54.8 Å². The van der Waals surface area contributed by atoms with E-state index in [0.717, 1.165) is 29.9 Å². The number of amides is 1. The van der Waals surface area contributed by atoms with Gasteiger partial charge in [-0.2, -0.15) is 0 Å². The Labute approximate surface area is 162 Å². The summed E-state index contributed by atoms with van der Waals surface area (Å²) in [4.78, 5) is 15.0. The lowest BCUT2D eigenvalue weighted by Gasteiger charge is -2.50. The number of carbonyl (C=O) groups excluding carboxylic acids is 1. The SMILES string of the molecule is O=C1C(Oc2ccc(Cl)cc2)C(c2ccc3c(c2)OCO3)N1C1CCCC1. The van der Waals surface area contributed by atoms with E-state index >= 15 is 0 Å². The molecule has 2 aliphatic heterocycles. The van der Waals surface area contributed by atoms with Crippen molar-refractivity contribution in [3.63, 3.8) is 0 Å². The molecule has 0 radical (unpaired) electrons. The molecule has 0 spiro atoms. The fraction of sp³-hybridized carbons (Fsp3) is 0.381. The van der Waals surface area contributed by atoms with Crippen molar-refractivity contribution in [2.75, 3.05) is 6.79 Å². The molecule has 2 heterocycles. The first-order valence-electron chi connectivity index (χ1n) is 9.35. The van der Waals surface area contributed by atoms with E-state index in [2.05, 4.69) is 0 Å². The number of halogens is 1. The first-order valence-corrected chi connectivity index (χ1v) is 9.72. The molecule has 1 aliphatic carbocycles. The van der Waals surface area contributed by atoms with Crippen LogP contribution >= 0.6 is 11.6 Å². The van der Waals surface area contributed by atoms with Crippen LogP contribution in [0.4, 0.5) is 0 Å². The van der Waals surface area contributed by atoms with Crippen LogP contribution in [0.15, 0.2) is 42.5 Å². The van der Waals surface area contributed by atoms with E-state index in [1.54, 1.807) is 24.3 Å². The molecule has 27 heavy (non-hydrogen) atoms. The van der Waals surface area contributed by atoms with E-state index in [4.69, 9.17) is 25.8 Å². The van der Waals surface area contributed by atoms with Crippen molar-refractivity contribution in [3.05, 3.63) is 53.1 Å². The molecule has 2 fully saturated rings. The summed E-state index contributed by atoms with van der Waals surface area (Å²) in [6.07, 6.45) is 3.92. The summed E-state index contributed by atoms with van der Waals surface area (Å²) in [5.41, 5.74) is 1.02. The third kappa shape index (κ3) is 2.90. The van der Waals surface area contributed by atoms with Gasteiger partial charge in [0.05, 0.1) is 0 Å². The van der Waals surface area contributed by atoms with Crippen molar-refractivity contribution in [2.45, 2.75) is 43.9 Å². The van der Waals surface area contributed by atoms with E-state index in [0.29, 0.717) is 10.8 Å². The van der Waals surface area contributed by atoms with Crippen LogP contribution in [0.2, 0.25) is 5.02 Å². The average Bonchev–Trinajstić information content (AvgIpc) is 3.36. The van der Waals surface area contributed by atoms with Crippen LogP contribution in [0.1, 0.15) is 37.3 Å². The maximum absolute atomic E-state index is 13.0. The van der Waals surface area contributed by atoms with Crippen LogP contribution in [-0.2, 0) is 4.79 Å². The van der Waals surface area contributed by atoms with Crippen LogP contribution in [-0.4, -0.2) is 29.7 Å². The van der Waals surface area contributed by atoms with Gasteiger partial charge in [-0.15, -0.1) is 0 Å². The zero-order valence-electron chi connectivity index (χ0n) is 14.8. The standard InChI is InChI=1S/C21H20ClNO4/c22-14-6-8-16(9-7-14)27-20-19(23(21(20)24)15-3-1-2-4-15)13-5-10-17-18(11-13)26-12-25-17/h5-11,15,19-20H,1-4,12H2. The third-order valence-electron chi connectivity index (χ3n) is 5.62. The predicted octanol–water partition coefficient (Wildman–Crippen LogP) is 4.34. The number of rotatable bonds is 4. The van der Waals surface area contributed by atoms with Gasteiger partial charge in [-0.3, -0.25) is 4.79 Å². The molecule has 3 aliphatic rings. The summed E-state index contributed by atoms with van der Waals surface area (Å²) in [5.74, 6) is 2.17. The lowest BCUT2D eigenvalue weighted by Crippen LogP contribution is -2.64. The summed E-state index contributed by atoms with van der Waals surface area (Å²) >= 11 is 5.96. The number of ether oxygens (including phenoxy) is 3. The number of hydrogen-bond acceptors (Lipinski definition) is 4. The van der Waals surface area contributed by atoms with Crippen LogP contribution in [0.5, 0.6) is 17.2 Å². The molecule has 2 unspecified atom stereocenters. The van der Waals surface area contributed by atoms with Crippen molar-refractivity contribution in [2.24, 2.45) is 0 Å². The molecular formula is C21H20ClNO4. The molecule has 2 atom stereocenters. The summed E-state index contributed by atoms with van der Waals surface area (Å²) < 4.78 is 17.0. The van der Waals surface area contributed by atoms with Crippen LogP contribution in [0.3, 0.4) is 0 Å². The second kappa shape index (κ2) is 6.64. The van der Waals surface area contributed by atoms with E-state index < -0.39 is 6.10 Å². The average molecular weight is 386 g/mol. The quantitative estimate of drug-likeness (QED) is 0.734. The topological polar surface area (TPSA) is 48.0 Å². The summed E-state index contributed by atoms with van der Waals surface area (Å²) in [5, 5.41) is 0.641. The second-order valence-corrected chi connectivity index (χ2v) is 7.67. The second-order valence-electron chi connectivity index (χ2n) is 7.23. The highest BCUT2D eigenvalue weighted by atomic mass is 35.5. The van der Waals surface area contributed by atoms with Gasteiger partial charge >= 0.3 is 0 Å². The van der Waals surface area contributed by atoms with Crippen molar-refractivity contribution >= 4 is 17.5 Å². The van der Waals surface area contributed by atoms with E-state index in [1.165, 1.54) is 12.8 Å². The van der Waals surface area contributed by atoms with E-state index in [9.17, 15) is 4.79 Å². The summed E-state index contributed by atoms with van der Waals surface area (Å²) in [6.45, 7) is 0.236. The zero-order chi connectivity index (χ0) is 18.4. The van der Waals surface area contributed by atoms with E-state index in [-0.39, 0.29) is 24.8 Å². The third-order valence-corrected chi connectivity index (χ3v) is 5.87. The van der Waals surface area contributed by atoms with Crippen LogP contribution in [0, 0.1) is 0 Å². The Kier molecular flexibility index (Phi) is 4.12. The normalized spacial score (nSPS) is 24.2. The fourth-order valence-corrected chi connectivity index (χ4v) is 4.41. The van der Waals surface area contributed by atoms with Gasteiger partial charge in [-0.25, -0.2) is 0 Å². The first kappa shape index (κ1) is 16.8. The fourth-order valence-electron chi connectivity index (χ4n) is 4.28. The van der Waals surface area contributed by atoms with Crippen LogP contribution in [0.25, 0.3) is 0 Å². The molecule has 2 aromatic rings. The Morgan fingerprint density at radius 3 is 2.52 bits per heavy atom. The Morgan fingerprint density at radius 1 is 1.00 bits per heavy atom. The van der Waals surface area contributed by atoms with E-state index in [1.807, 2.05) is 23.1 Å². The van der Waals surface area contributed by atoms with Gasteiger partial charge in [0.1, 0.15) is 11.8 Å². The Hall–Kier alpha value is -2.40. The number of nitrogens with zero attached hydrogens (tertiary/aromatic N) is 1. The van der Waals surface area contributed by atoms with Gasteiger partial charge in [0.2, 0.25) is 12.9 Å². The highest BCUT2D eigenvalue weighted by Crippen LogP contribution is 2.45. The molecule has 1 saturated heterocycles. The lowest BCUT2D eigenvalue weighted by atomic mass is 9.87. The molecule has 5 nitrogen and oxygen atoms in total. The van der Waals surface area contributed by atoms with Crippen molar-refractivity contribution in [1.29, 1.82) is 0 Å². The molecule has 1 amide bonds. The largest absolute Gasteiger partial charge is 0.478 e. The molecular weight excluding hydrogens is 366 g/mol. The van der Waals surface area contributed by atoms with Gasteiger partial charge in [0.25, 0.3) is 5.91 Å². The highest BCUT2D eigenvalue weighted by molar-refractivity contribution is 6.30. The maximum atomic E-state index is 13.0. The Bertz CT molecular complexity index is 863. The minimum Gasteiger partial charge on any atom is -0.478 e. The summed E-state index contributed by atoms with van der Waals surface area (Å²) in [7, 11) is 0. The smallest absolute Gasteiger partial charge is 0.267 e. The number of hydrogen-bond donors (Lipinski definition) is 0. The predicted molar refractivity (Wildman–Crippen MR) is 100 cm³/mol. The van der Waals surface area contributed by atoms with Crippen molar-refractivity contribution in [1.82, 2.24) is 4.90 Å². The summed E-state index contributed by atoms with van der Waals surface area (Å²) in [6, 6.07) is 13.2.